The van der Waals surface area contributed by atoms with Crippen molar-refractivity contribution in [3.05, 3.63) is 181 Å². The fourth-order valence-corrected chi connectivity index (χ4v) is 14.4. The number of nitrogens with zero attached hydrogens (tertiary/aromatic N) is 14. The van der Waals surface area contributed by atoms with Crippen molar-refractivity contribution < 1.29 is 28.0 Å². The van der Waals surface area contributed by atoms with Crippen LogP contribution in [-0.4, -0.2) is 183 Å². The van der Waals surface area contributed by atoms with Crippen molar-refractivity contribution in [3.63, 3.8) is 0 Å². The van der Waals surface area contributed by atoms with Gasteiger partial charge in [0.05, 0.1) is 57.6 Å². The molecular weight excluding hydrogens is 1260 g/mol. The molecule has 9 heterocycles. The van der Waals surface area contributed by atoms with Gasteiger partial charge in [0, 0.05) is 114 Å². The number of amides is 3. The topological polar surface area (TPSA) is 241 Å². The van der Waals surface area contributed by atoms with Gasteiger partial charge in [-0.1, -0.05) is 92.8 Å². The molecule has 9 aromatic rings. The molecule has 6 aromatic heterocycles. The number of rotatable bonds is 18. The van der Waals surface area contributed by atoms with E-state index in [0.29, 0.717) is 133 Å². The highest BCUT2D eigenvalue weighted by Gasteiger charge is 2.32. The van der Waals surface area contributed by atoms with Gasteiger partial charge < -0.3 is 61.9 Å². The van der Waals surface area contributed by atoms with Crippen LogP contribution in [0.2, 0.25) is 0 Å². The van der Waals surface area contributed by atoms with Gasteiger partial charge in [0.2, 0.25) is 5.88 Å². The number of anilines is 3. The summed E-state index contributed by atoms with van der Waals surface area (Å²) in [6.45, 7) is 10.1. The maximum Gasteiger partial charge on any atom is 0.289 e. The van der Waals surface area contributed by atoms with E-state index in [2.05, 4.69) is 47.7 Å². The summed E-state index contributed by atoms with van der Waals surface area (Å²) >= 11 is 1.46. The molecule has 508 valence electrons. The van der Waals surface area contributed by atoms with E-state index >= 15 is 0 Å². The number of thiophene rings is 1. The number of pyridine rings is 3. The minimum absolute atomic E-state index is 0.0538. The Hall–Kier alpha value is -10.3. The number of piperazine rings is 3. The fraction of sp³-hybridized carbons (Fsp3) is 0.400. The number of carbonyl (C=O) groups excluding carboxylic acids is 3. The summed E-state index contributed by atoms with van der Waals surface area (Å²) in [5.74, 6) is 1.50. The molecule has 4 fully saturated rings. The number of aryl methyl sites for hydroxylation is 2. The lowest BCUT2D eigenvalue weighted by atomic mass is 9.87. The number of hydrogen-bond donors (Lipinski definition) is 0. The van der Waals surface area contributed by atoms with Gasteiger partial charge in [0.1, 0.15) is 34.9 Å². The first kappa shape index (κ1) is 69.1. The number of ether oxygens (including phenoxy) is 1. The lowest BCUT2D eigenvalue weighted by Crippen LogP contribution is -2.49. The lowest BCUT2D eigenvalue weighted by molar-refractivity contribution is 0.0708. The summed E-state index contributed by atoms with van der Waals surface area (Å²) in [5, 5.41) is 34.6. The number of hydrogen-bond acceptors (Lipinski definition) is 18. The van der Waals surface area contributed by atoms with E-state index in [0.717, 1.165) is 81.3 Å². The number of nitriles is 3. The van der Waals surface area contributed by atoms with Gasteiger partial charge in [0.25, 0.3) is 28.8 Å². The van der Waals surface area contributed by atoms with Gasteiger partial charge in [-0.25, -0.2) is 4.98 Å². The van der Waals surface area contributed by atoms with Crippen molar-refractivity contribution in [1.29, 1.82) is 15.8 Å². The van der Waals surface area contributed by atoms with Gasteiger partial charge in [-0.15, -0.1) is 11.3 Å². The Morgan fingerprint density at radius 3 is 1.46 bits per heavy atom. The molecule has 0 spiro atoms. The Balaban J connectivity index is 0.000000149. The predicted octanol–water partition coefficient (Wildman–Crippen LogP) is 10.2. The smallest absolute Gasteiger partial charge is 0.289 e. The number of carbonyl (C=O) groups is 3. The molecule has 98 heavy (non-hydrogen) atoms. The second-order valence-electron chi connectivity index (χ2n) is 25.6. The van der Waals surface area contributed by atoms with Crippen molar-refractivity contribution in [3.8, 4) is 24.1 Å². The van der Waals surface area contributed by atoms with Crippen LogP contribution >= 0.6 is 11.3 Å². The van der Waals surface area contributed by atoms with Crippen molar-refractivity contribution in [2.45, 2.75) is 64.5 Å². The molecule has 3 saturated heterocycles. The van der Waals surface area contributed by atoms with Crippen molar-refractivity contribution in [1.82, 2.24) is 38.6 Å². The number of furan rings is 2. The third-order valence-electron chi connectivity index (χ3n) is 18.8. The Labute approximate surface area is 574 Å². The summed E-state index contributed by atoms with van der Waals surface area (Å²) in [7, 11) is 8.04. The standard InChI is InChI=1S/C27H30N4O2S.2C24H27N5O3/c28-19-22-25(29-14-16-30(17-15-29)27(33)24-11-6-18-34-24)21-9-4-5-10-23(21)31(26(22)32)13-12-20-7-2-1-3-8-20;1-27(2)10-6-16-32-23-19(17-25)22(18-7-3-4-8-20(18)26-23)28-11-13-29(14-12-28)24(30)21-9-5-15-31-21;1-26(2)10-6-11-29-20-8-4-3-7-18(20)22(19(17-25)23(29)30)27-12-14-28(15-13-27)24(31)21-9-5-16-32-21/h4-6,9-11,18,20H,1-3,7-8,12-17H2;3-5,7-9,15H,6,10-14,16H2,1-2H3;3-5,7-9,16H,6,10-15H2,1-2H3. The fourth-order valence-electron chi connectivity index (χ4n) is 13.7. The van der Waals surface area contributed by atoms with E-state index in [1.807, 2.05) is 128 Å². The highest BCUT2D eigenvalue weighted by atomic mass is 32.1. The van der Waals surface area contributed by atoms with Gasteiger partial charge in [-0.05, 0) is 114 Å². The molecule has 23 heteroatoms. The number of aromatic nitrogens is 3. The molecular formula is C75H84N14O8S. The van der Waals surface area contributed by atoms with Gasteiger partial charge in [-0.3, -0.25) is 24.0 Å². The predicted molar refractivity (Wildman–Crippen MR) is 381 cm³/mol. The molecule has 0 radical (unpaired) electrons. The van der Waals surface area contributed by atoms with Crippen LogP contribution in [0.3, 0.4) is 0 Å². The molecule has 22 nitrogen and oxygen atoms in total. The molecule has 4 aliphatic rings. The first-order valence-corrected chi connectivity index (χ1v) is 34.7. The molecule has 13 rings (SSSR count). The molecule has 0 unspecified atom stereocenters. The average molecular weight is 1340 g/mol. The Morgan fingerprint density at radius 1 is 0.531 bits per heavy atom. The molecule has 1 saturated carbocycles. The minimum Gasteiger partial charge on any atom is -0.477 e. The summed E-state index contributed by atoms with van der Waals surface area (Å²) in [6.07, 6.45) is 12.0. The van der Waals surface area contributed by atoms with E-state index in [1.165, 1.54) is 56.0 Å². The maximum atomic E-state index is 13.5. The maximum absolute atomic E-state index is 13.5. The van der Waals surface area contributed by atoms with Crippen LogP contribution in [0.1, 0.15) is 98.8 Å². The number of para-hydroxylation sites is 3. The van der Waals surface area contributed by atoms with Crippen LogP contribution in [0.15, 0.2) is 146 Å². The van der Waals surface area contributed by atoms with E-state index in [4.69, 9.17) is 13.6 Å². The molecule has 3 aliphatic heterocycles. The number of fused-ring (bicyclic) bond motifs is 3. The minimum atomic E-state index is -0.256. The zero-order valence-electron chi connectivity index (χ0n) is 56.3. The molecule has 0 atom stereocenters. The van der Waals surface area contributed by atoms with E-state index in [-0.39, 0.29) is 40.0 Å². The quantitative estimate of drug-likeness (QED) is 0.0725. The zero-order chi connectivity index (χ0) is 68.7. The monoisotopic (exact) mass is 1340 g/mol. The highest BCUT2D eigenvalue weighted by Crippen LogP contribution is 2.37. The summed E-state index contributed by atoms with van der Waals surface area (Å²) in [5.41, 5.74) is 5.12. The molecule has 0 N–H and O–H groups in total. The van der Waals surface area contributed by atoms with E-state index < -0.39 is 0 Å². The normalized spacial score (nSPS) is 15.2. The van der Waals surface area contributed by atoms with Crippen LogP contribution in [0.4, 0.5) is 17.1 Å². The second kappa shape index (κ2) is 32.7. The van der Waals surface area contributed by atoms with Gasteiger partial charge in [-0.2, -0.15) is 15.8 Å². The molecule has 3 aromatic carbocycles. The molecule has 0 bridgehead atoms. The summed E-state index contributed by atoms with van der Waals surface area (Å²) < 4.78 is 20.0. The zero-order valence-corrected chi connectivity index (χ0v) is 57.1. The van der Waals surface area contributed by atoms with Crippen molar-refractivity contribution >= 4 is 78.8 Å². The third-order valence-corrected chi connectivity index (χ3v) is 19.6. The Kier molecular flexibility index (Phi) is 23.0. The first-order chi connectivity index (χ1) is 47.8. The SMILES string of the molecule is CN(C)CCCOc1nc2ccccc2c(N2CCN(C(=O)c3ccco3)CC2)c1C#N.CN(C)CCCn1c(=O)c(C#N)c(N2CCN(C(=O)c3ccco3)CC2)c2ccccc21.N#Cc1c(N2CCN(C(=O)c3cccs3)CC2)c2ccccc2n(CCC2CCCCC2)c1=O. The van der Waals surface area contributed by atoms with Crippen LogP contribution in [0, 0.1) is 39.9 Å². The van der Waals surface area contributed by atoms with Gasteiger partial charge >= 0.3 is 0 Å². The highest BCUT2D eigenvalue weighted by molar-refractivity contribution is 7.12. The van der Waals surface area contributed by atoms with E-state index in [9.17, 15) is 39.8 Å². The first-order valence-electron chi connectivity index (χ1n) is 33.9. The average Bonchev–Trinajstić information content (AvgIpc) is 0.905. The summed E-state index contributed by atoms with van der Waals surface area (Å²) in [4.78, 5) is 86.1. The largest absolute Gasteiger partial charge is 0.477 e. The van der Waals surface area contributed by atoms with Crippen molar-refractivity contribution in [2.75, 3.05) is 141 Å². The molecule has 3 amide bonds. The van der Waals surface area contributed by atoms with Crippen LogP contribution in [0.25, 0.3) is 32.7 Å². The Morgan fingerprint density at radius 2 is 0.990 bits per heavy atom. The van der Waals surface area contributed by atoms with Gasteiger partial charge in [0.15, 0.2) is 11.5 Å². The Bertz CT molecular complexity index is 4480. The molecule has 1 aliphatic carbocycles. The van der Waals surface area contributed by atoms with Crippen molar-refractivity contribution in [2.24, 2.45) is 5.92 Å². The second-order valence-corrected chi connectivity index (χ2v) is 26.6. The lowest BCUT2D eigenvalue weighted by Gasteiger charge is -2.37. The van der Waals surface area contributed by atoms with Crippen LogP contribution < -0.4 is 30.6 Å². The van der Waals surface area contributed by atoms with E-state index in [1.54, 1.807) is 38.6 Å². The van der Waals surface area contributed by atoms with Crippen LogP contribution in [-0.2, 0) is 13.1 Å². The van der Waals surface area contributed by atoms with Crippen LogP contribution in [0.5, 0.6) is 5.88 Å². The summed E-state index contributed by atoms with van der Waals surface area (Å²) in [6, 6.07) is 40.7. The third kappa shape index (κ3) is 15.8. The number of benzene rings is 3.